The first-order chi connectivity index (χ1) is 9.47. The van der Waals surface area contributed by atoms with Gasteiger partial charge in [0, 0.05) is 38.1 Å². The van der Waals surface area contributed by atoms with E-state index in [4.69, 9.17) is 0 Å². The van der Waals surface area contributed by atoms with Crippen molar-refractivity contribution in [3.63, 3.8) is 0 Å². The summed E-state index contributed by atoms with van der Waals surface area (Å²) in [5.41, 5.74) is 1.02. The third-order valence-corrected chi connectivity index (χ3v) is 4.75. The fourth-order valence-corrected chi connectivity index (χ4v) is 2.72. The predicted molar refractivity (Wildman–Crippen MR) is 84.9 cm³/mol. The number of carbonyl (C=O) groups excluding carboxylic acids is 1. The molecule has 5 heteroatoms. The van der Waals surface area contributed by atoms with E-state index in [0.29, 0.717) is 12.3 Å². The molecule has 0 unspecified atom stereocenters. The molecule has 1 aliphatic heterocycles. The number of aryl methyl sites for hydroxylation is 1. The average Bonchev–Trinajstić information content (AvgIpc) is 2.42. The lowest BCUT2D eigenvalue weighted by Gasteiger charge is -2.33. The summed E-state index contributed by atoms with van der Waals surface area (Å²) in [6, 6.07) is 4.11. The minimum absolute atomic E-state index is 0.237. The van der Waals surface area contributed by atoms with Crippen LogP contribution < -0.4 is 4.90 Å². The van der Waals surface area contributed by atoms with Crippen LogP contribution in [0.3, 0.4) is 0 Å². The molecule has 110 valence electrons. The molecule has 2 heterocycles. The van der Waals surface area contributed by atoms with Crippen molar-refractivity contribution in [2.75, 3.05) is 32.1 Å². The Morgan fingerprint density at radius 1 is 1.40 bits per heavy atom. The number of pyridine rings is 1. The van der Waals surface area contributed by atoms with E-state index < -0.39 is 0 Å². The number of rotatable bonds is 3. The molecule has 0 aromatic carbocycles. The molecular formula is C15H22BrN3O. The van der Waals surface area contributed by atoms with E-state index in [0.717, 1.165) is 41.9 Å². The van der Waals surface area contributed by atoms with E-state index in [9.17, 15) is 4.79 Å². The van der Waals surface area contributed by atoms with E-state index in [1.807, 2.05) is 21.0 Å². The number of halogens is 1. The van der Waals surface area contributed by atoms with Crippen LogP contribution >= 0.6 is 15.9 Å². The highest BCUT2D eigenvalue weighted by Crippen LogP contribution is 2.26. The number of hydrogen-bond donors (Lipinski definition) is 0. The average molecular weight is 340 g/mol. The van der Waals surface area contributed by atoms with Gasteiger partial charge in [-0.1, -0.05) is 0 Å². The Hall–Kier alpha value is -1.10. The maximum atomic E-state index is 11.7. The predicted octanol–water partition coefficient (Wildman–Crippen LogP) is 2.85. The molecule has 1 fully saturated rings. The van der Waals surface area contributed by atoms with Crippen LogP contribution in [0.25, 0.3) is 0 Å². The SMILES string of the molecule is Cc1nc(N2CCC(CC(=O)N(C)C)CC2)ccc1Br. The third kappa shape index (κ3) is 3.72. The van der Waals surface area contributed by atoms with Crippen molar-refractivity contribution in [1.82, 2.24) is 9.88 Å². The van der Waals surface area contributed by atoms with E-state index in [1.165, 1.54) is 0 Å². The highest BCUT2D eigenvalue weighted by atomic mass is 79.9. The van der Waals surface area contributed by atoms with Crippen molar-refractivity contribution >= 4 is 27.7 Å². The minimum Gasteiger partial charge on any atom is -0.357 e. The van der Waals surface area contributed by atoms with E-state index >= 15 is 0 Å². The Labute approximate surface area is 129 Å². The van der Waals surface area contributed by atoms with Gasteiger partial charge < -0.3 is 9.80 Å². The van der Waals surface area contributed by atoms with Crippen molar-refractivity contribution in [3.05, 3.63) is 22.3 Å². The van der Waals surface area contributed by atoms with Gasteiger partial charge in [0.25, 0.3) is 0 Å². The Bertz CT molecular complexity index is 482. The van der Waals surface area contributed by atoms with Crippen LogP contribution in [0.5, 0.6) is 0 Å². The summed E-state index contributed by atoms with van der Waals surface area (Å²) in [6.45, 7) is 3.98. The molecule has 20 heavy (non-hydrogen) atoms. The van der Waals surface area contributed by atoms with Gasteiger partial charge >= 0.3 is 0 Å². The topological polar surface area (TPSA) is 36.4 Å². The van der Waals surface area contributed by atoms with Crippen LogP contribution in [0.15, 0.2) is 16.6 Å². The normalized spacial score (nSPS) is 16.3. The van der Waals surface area contributed by atoms with Gasteiger partial charge in [-0.15, -0.1) is 0 Å². The summed E-state index contributed by atoms with van der Waals surface area (Å²) in [7, 11) is 3.65. The zero-order valence-electron chi connectivity index (χ0n) is 12.4. The zero-order valence-corrected chi connectivity index (χ0v) is 14.0. The second kappa shape index (κ2) is 6.57. The molecule has 1 aromatic heterocycles. The number of nitrogens with zero attached hydrogens (tertiary/aromatic N) is 3. The fraction of sp³-hybridized carbons (Fsp3) is 0.600. The lowest BCUT2D eigenvalue weighted by atomic mass is 9.93. The van der Waals surface area contributed by atoms with Crippen LogP contribution in [0.2, 0.25) is 0 Å². The van der Waals surface area contributed by atoms with Gasteiger partial charge in [0.05, 0.1) is 5.69 Å². The highest BCUT2D eigenvalue weighted by Gasteiger charge is 2.23. The summed E-state index contributed by atoms with van der Waals surface area (Å²) in [5.74, 6) is 1.79. The fourth-order valence-electron chi connectivity index (χ4n) is 2.50. The maximum absolute atomic E-state index is 11.7. The molecule has 1 amide bonds. The molecular weight excluding hydrogens is 318 g/mol. The van der Waals surface area contributed by atoms with Crippen molar-refractivity contribution in [2.24, 2.45) is 5.92 Å². The number of amides is 1. The second-order valence-corrected chi connectivity index (χ2v) is 6.51. The molecule has 2 rings (SSSR count). The first kappa shape index (κ1) is 15.3. The minimum atomic E-state index is 0.237. The van der Waals surface area contributed by atoms with Crippen LogP contribution in [0.1, 0.15) is 25.0 Å². The van der Waals surface area contributed by atoms with Crippen molar-refractivity contribution in [1.29, 1.82) is 0 Å². The van der Waals surface area contributed by atoms with Crippen LogP contribution in [0.4, 0.5) is 5.82 Å². The van der Waals surface area contributed by atoms with E-state index in [-0.39, 0.29) is 5.91 Å². The Morgan fingerprint density at radius 2 is 2.05 bits per heavy atom. The second-order valence-electron chi connectivity index (χ2n) is 5.66. The van der Waals surface area contributed by atoms with Gasteiger partial charge in [-0.05, 0) is 53.7 Å². The number of hydrogen-bond acceptors (Lipinski definition) is 3. The Kier molecular flexibility index (Phi) is 5.02. The first-order valence-electron chi connectivity index (χ1n) is 7.05. The molecule has 0 N–H and O–H groups in total. The standard InChI is InChI=1S/C15H22BrN3O/c1-11-13(16)4-5-14(17-11)19-8-6-12(7-9-19)10-15(20)18(2)3/h4-5,12H,6-10H2,1-3H3. The van der Waals surface area contributed by atoms with E-state index in [1.54, 1.807) is 4.90 Å². The number of aromatic nitrogens is 1. The third-order valence-electron chi connectivity index (χ3n) is 3.91. The molecule has 0 aliphatic carbocycles. The summed E-state index contributed by atoms with van der Waals surface area (Å²) in [6.07, 6.45) is 2.81. The summed E-state index contributed by atoms with van der Waals surface area (Å²) in [4.78, 5) is 20.4. The number of anilines is 1. The molecule has 0 saturated carbocycles. The Morgan fingerprint density at radius 3 is 2.60 bits per heavy atom. The smallest absolute Gasteiger partial charge is 0.222 e. The number of piperidine rings is 1. The molecule has 1 saturated heterocycles. The van der Waals surface area contributed by atoms with Gasteiger partial charge in [0.15, 0.2) is 0 Å². The van der Waals surface area contributed by atoms with E-state index in [2.05, 4.69) is 37.9 Å². The molecule has 0 radical (unpaired) electrons. The first-order valence-corrected chi connectivity index (χ1v) is 7.85. The summed E-state index contributed by atoms with van der Waals surface area (Å²) >= 11 is 3.48. The van der Waals surface area contributed by atoms with Gasteiger partial charge in [0.1, 0.15) is 5.82 Å². The quantitative estimate of drug-likeness (QED) is 0.849. The number of carbonyl (C=O) groups is 1. The van der Waals surface area contributed by atoms with Gasteiger partial charge in [0.2, 0.25) is 5.91 Å². The largest absolute Gasteiger partial charge is 0.357 e. The highest BCUT2D eigenvalue weighted by molar-refractivity contribution is 9.10. The van der Waals surface area contributed by atoms with Crippen molar-refractivity contribution in [3.8, 4) is 0 Å². The summed E-state index contributed by atoms with van der Waals surface area (Å²) < 4.78 is 1.05. The van der Waals surface area contributed by atoms with Gasteiger partial charge in [-0.25, -0.2) is 4.98 Å². The molecule has 0 atom stereocenters. The van der Waals surface area contributed by atoms with Crippen LogP contribution in [-0.4, -0.2) is 43.0 Å². The lowest BCUT2D eigenvalue weighted by molar-refractivity contribution is -0.129. The van der Waals surface area contributed by atoms with Crippen molar-refractivity contribution in [2.45, 2.75) is 26.2 Å². The lowest BCUT2D eigenvalue weighted by Crippen LogP contribution is -2.36. The molecule has 1 aliphatic rings. The van der Waals surface area contributed by atoms with Gasteiger partial charge in [-0.2, -0.15) is 0 Å². The Balaban J connectivity index is 1.90. The van der Waals surface area contributed by atoms with Crippen LogP contribution in [-0.2, 0) is 4.79 Å². The monoisotopic (exact) mass is 339 g/mol. The maximum Gasteiger partial charge on any atom is 0.222 e. The van der Waals surface area contributed by atoms with Gasteiger partial charge in [-0.3, -0.25) is 4.79 Å². The molecule has 1 aromatic rings. The van der Waals surface area contributed by atoms with Crippen molar-refractivity contribution < 1.29 is 4.79 Å². The molecule has 4 nitrogen and oxygen atoms in total. The van der Waals surface area contributed by atoms with Crippen LogP contribution in [0, 0.1) is 12.8 Å². The summed E-state index contributed by atoms with van der Waals surface area (Å²) in [5, 5.41) is 0. The molecule has 0 spiro atoms. The molecule has 0 bridgehead atoms. The zero-order chi connectivity index (χ0) is 14.7.